The van der Waals surface area contributed by atoms with Crippen LogP contribution in [0.3, 0.4) is 0 Å². The summed E-state index contributed by atoms with van der Waals surface area (Å²) in [5, 5.41) is 11.9. The lowest BCUT2D eigenvalue weighted by Gasteiger charge is -2.35. The molecule has 1 aliphatic heterocycles. The quantitative estimate of drug-likeness (QED) is 0.884. The van der Waals surface area contributed by atoms with Gasteiger partial charge in [-0.2, -0.15) is 0 Å². The van der Waals surface area contributed by atoms with Crippen molar-refractivity contribution in [3.05, 3.63) is 17.3 Å². The molecule has 0 radical (unpaired) electrons. The highest BCUT2D eigenvalue weighted by Crippen LogP contribution is 2.22. The number of aliphatic carboxylic acids is 1. The highest BCUT2D eigenvalue weighted by Gasteiger charge is 2.34. The monoisotopic (exact) mass is 295 g/mol. The van der Waals surface area contributed by atoms with Gasteiger partial charge in [0.05, 0.1) is 12.2 Å². The number of oxazole rings is 1. The maximum Gasteiger partial charge on any atom is 0.326 e. The molecule has 21 heavy (non-hydrogen) atoms. The minimum absolute atomic E-state index is 0.159. The summed E-state index contributed by atoms with van der Waals surface area (Å²) in [5.74, 6) is 0.497. The molecule has 7 nitrogen and oxygen atoms in total. The van der Waals surface area contributed by atoms with E-state index in [0.717, 1.165) is 17.9 Å². The van der Waals surface area contributed by atoms with Gasteiger partial charge in [0, 0.05) is 6.54 Å². The van der Waals surface area contributed by atoms with Crippen molar-refractivity contribution in [1.82, 2.24) is 15.2 Å². The molecule has 2 heterocycles. The first-order chi connectivity index (χ1) is 9.88. The largest absolute Gasteiger partial charge is 0.480 e. The van der Waals surface area contributed by atoms with Crippen molar-refractivity contribution in [3.63, 3.8) is 0 Å². The molecule has 0 spiro atoms. The van der Waals surface area contributed by atoms with Gasteiger partial charge in [-0.15, -0.1) is 0 Å². The van der Waals surface area contributed by atoms with Crippen LogP contribution in [0.5, 0.6) is 0 Å². The molecular weight excluding hydrogens is 274 g/mol. The van der Waals surface area contributed by atoms with Crippen LogP contribution in [0.15, 0.2) is 4.42 Å². The fourth-order valence-electron chi connectivity index (χ4n) is 2.49. The molecule has 116 valence electrons. The van der Waals surface area contributed by atoms with Crippen LogP contribution in [0.2, 0.25) is 0 Å². The molecule has 0 aliphatic carbocycles. The van der Waals surface area contributed by atoms with E-state index in [1.807, 2.05) is 13.8 Å². The highest BCUT2D eigenvalue weighted by atomic mass is 16.4. The van der Waals surface area contributed by atoms with Crippen LogP contribution in [-0.2, 0) is 11.3 Å². The number of aromatic nitrogens is 1. The minimum Gasteiger partial charge on any atom is -0.480 e. The number of hydrogen-bond donors (Lipinski definition) is 2. The van der Waals surface area contributed by atoms with Gasteiger partial charge < -0.3 is 19.7 Å². The Labute approximate surface area is 123 Å². The van der Waals surface area contributed by atoms with Gasteiger partial charge in [-0.3, -0.25) is 0 Å². The Morgan fingerprint density at radius 3 is 2.76 bits per heavy atom. The van der Waals surface area contributed by atoms with Crippen LogP contribution < -0.4 is 5.32 Å². The number of carboxylic acids is 1. The molecule has 1 saturated heterocycles. The predicted molar refractivity (Wildman–Crippen MR) is 74.7 cm³/mol. The standard InChI is InChI=1S/C14H21N3O4/c1-8-4-5-17(11(6-8)13(18)19)14(20)15-7-12-16-9(2)10(3)21-12/h8,11H,4-7H2,1-3H3,(H,15,20)(H,18,19). The number of carbonyl (C=O) groups excluding carboxylic acids is 1. The zero-order valence-electron chi connectivity index (χ0n) is 12.5. The zero-order chi connectivity index (χ0) is 15.6. The second-order valence-electron chi connectivity index (χ2n) is 5.58. The second kappa shape index (κ2) is 6.15. The number of likely N-dealkylation sites (tertiary alicyclic amines) is 1. The first-order valence-corrected chi connectivity index (χ1v) is 7.08. The lowest BCUT2D eigenvalue weighted by atomic mass is 9.93. The Morgan fingerprint density at radius 1 is 1.48 bits per heavy atom. The SMILES string of the molecule is Cc1nc(CNC(=O)N2CCC(C)CC2C(=O)O)oc1C. The molecule has 1 aliphatic rings. The van der Waals surface area contributed by atoms with E-state index >= 15 is 0 Å². The van der Waals surface area contributed by atoms with Crippen molar-refractivity contribution < 1.29 is 19.1 Å². The van der Waals surface area contributed by atoms with Crippen LogP contribution in [0.4, 0.5) is 4.79 Å². The minimum atomic E-state index is -0.959. The van der Waals surface area contributed by atoms with Crippen LogP contribution >= 0.6 is 0 Å². The topological polar surface area (TPSA) is 95.7 Å². The molecule has 1 aromatic heterocycles. The van der Waals surface area contributed by atoms with Crippen molar-refractivity contribution >= 4 is 12.0 Å². The number of hydrogen-bond acceptors (Lipinski definition) is 4. The second-order valence-corrected chi connectivity index (χ2v) is 5.58. The Kier molecular flexibility index (Phi) is 4.50. The van der Waals surface area contributed by atoms with E-state index in [9.17, 15) is 14.7 Å². The Balaban J connectivity index is 1.96. The molecule has 2 unspecified atom stereocenters. The Bertz CT molecular complexity index is 521. The number of aryl methyl sites for hydroxylation is 2. The molecule has 2 rings (SSSR count). The molecule has 1 fully saturated rings. The number of amides is 2. The van der Waals surface area contributed by atoms with Gasteiger partial charge >= 0.3 is 12.0 Å². The molecule has 7 heteroatoms. The molecule has 0 bridgehead atoms. The number of piperidine rings is 1. The van der Waals surface area contributed by atoms with Crippen LogP contribution in [0.25, 0.3) is 0 Å². The van der Waals surface area contributed by atoms with E-state index in [-0.39, 0.29) is 12.6 Å². The molecular formula is C14H21N3O4. The summed E-state index contributed by atoms with van der Waals surface area (Å²) in [4.78, 5) is 29.0. The molecule has 0 saturated carbocycles. The molecule has 2 N–H and O–H groups in total. The third kappa shape index (κ3) is 3.53. The number of urea groups is 1. The molecule has 1 aromatic rings. The number of carboxylic acid groups (broad SMARTS) is 1. The summed E-state index contributed by atoms with van der Waals surface area (Å²) >= 11 is 0. The van der Waals surface area contributed by atoms with Gasteiger partial charge in [-0.1, -0.05) is 6.92 Å². The average Bonchev–Trinajstić information content (AvgIpc) is 2.75. The van der Waals surface area contributed by atoms with Crippen molar-refractivity contribution in [2.45, 2.75) is 46.2 Å². The summed E-state index contributed by atoms with van der Waals surface area (Å²) in [6.07, 6.45) is 1.30. The zero-order valence-corrected chi connectivity index (χ0v) is 12.5. The van der Waals surface area contributed by atoms with Crippen molar-refractivity contribution in [2.75, 3.05) is 6.54 Å². The lowest BCUT2D eigenvalue weighted by Crippen LogP contribution is -2.53. The summed E-state index contributed by atoms with van der Waals surface area (Å²) in [5.41, 5.74) is 0.787. The van der Waals surface area contributed by atoms with E-state index in [4.69, 9.17) is 4.42 Å². The van der Waals surface area contributed by atoms with Crippen LogP contribution in [0, 0.1) is 19.8 Å². The highest BCUT2D eigenvalue weighted by molar-refractivity contribution is 5.82. The summed E-state index contributed by atoms with van der Waals surface area (Å²) in [7, 11) is 0. The first-order valence-electron chi connectivity index (χ1n) is 7.08. The Morgan fingerprint density at radius 2 is 2.19 bits per heavy atom. The molecule has 0 aromatic carbocycles. The third-order valence-corrected chi connectivity index (χ3v) is 3.87. The smallest absolute Gasteiger partial charge is 0.326 e. The normalized spacial score (nSPS) is 22.1. The van der Waals surface area contributed by atoms with Crippen LogP contribution in [0.1, 0.15) is 37.1 Å². The van der Waals surface area contributed by atoms with Crippen molar-refractivity contribution in [2.24, 2.45) is 5.92 Å². The maximum atomic E-state index is 12.2. The van der Waals surface area contributed by atoms with Gasteiger partial charge in [0.1, 0.15) is 11.8 Å². The van der Waals surface area contributed by atoms with Gasteiger partial charge in [-0.25, -0.2) is 14.6 Å². The third-order valence-electron chi connectivity index (χ3n) is 3.87. The fraction of sp³-hybridized carbons (Fsp3) is 0.643. The van der Waals surface area contributed by atoms with E-state index < -0.39 is 12.0 Å². The van der Waals surface area contributed by atoms with E-state index in [0.29, 0.717) is 24.8 Å². The van der Waals surface area contributed by atoms with Gasteiger partial charge in [0.25, 0.3) is 0 Å². The number of carbonyl (C=O) groups is 2. The van der Waals surface area contributed by atoms with E-state index in [2.05, 4.69) is 10.3 Å². The Hall–Kier alpha value is -2.05. The van der Waals surface area contributed by atoms with Gasteiger partial charge in [0.15, 0.2) is 0 Å². The maximum absolute atomic E-state index is 12.2. The van der Waals surface area contributed by atoms with Crippen molar-refractivity contribution in [3.8, 4) is 0 Å². The number of nitrogens with zero attached hydrogens (tertiary/aromatic N) is 2. The molecule has 2 atom stereocenters. The predicted octanol–water partition coefficient (Wildman–Crippen LogP) is 1.69. The molecule has 2 amide bonds. The summed E-state index contributed by atoms with van der Waals surface area (Å²) in [6, 6.07) is -1.15. The van der Waals surface area contributed by atoms with Crippen molar-refractivity contribution in [1.29, 1.82) is 0 Å². The first kappa shape index (κ1) is 15.3. The fourth-order valence-corrected chi connectivity index (χ4v) is 2.49. The lowest BCUT2D eigenvalue weighted by molar-refractivity contribution is -0.143. The number of rotatable bonds is 3. The summed E-state index contributed by atoms with van der Waals surface area (Å²) in [6.45, 7) is 6.25. The van der Waals surface area contributed by atoms with Gasteiger partial charge in [-0.05, 0) is 32.6 Å². The van der Waals surface area contributed by atoms with Gasteiger partial charge in [0.2, 0.25) is 5.89 Å². The summed E-state index contributed by atoms with van der Waals surface area (Å²) < 4.78 is 5.38. The van der Waals surface area contributed by atoms with Crippen LogP contribution in [-0.4, -0.2) is 39.6 Å². The van der Waals surface area contributed by atoms with E-state index in [1.165, 1.54) is 4.90 Å². The van der Waals surface area contributed by atoms with E-state index in [1.54, 1.807) is 6.92 Å². The number of nitrogens with one attached hydrogen (secondary N) is 1. The average molecular weight is 295 g/mol.